The highest BCUT2D eigenvalue weighted by Crippen LogP contribution is 2.17. The topological polar surface area (TPSA) is 46.3 Å². The van der Waals surface area contributed by atoms with E-state index in [1.54, 1.807) is 4.90 Å². The molecule has 0 unspecified atom stereocenters. The Hall–Kier alpha value is -2.10. The summed E-state index contributed by atoms with van der Waals surface area (Å²) >= 11 is 0. The number of nitrogens with zero attached hydrogens (tertiary/aromatic N) is 2. The van der Waals surface area contributed by atoms with Gasteiger partial charge < -0.3 is 9.42 Å². The fraction of sp³-hybridized carbons (Fsp3) is 0.474. The van der Waals surface area contributed by atoms with Gasteiger partial charge in [-0.2, -0.15) is 0 Å². The van der Waals surface area contributed by atoms with Crippen LogP contribution < -0.4 is 0 Å². The Balaban J connectivity index is 1.81. The lowest BCUT2D eigenvalue weighted by atomic mass is 9.97. The van der Waals surface area contributed by atoms with Crippen LogP contribution in [0.5, 0.6) is 0 Å². The lowest BCUT2D eigenvalue weighted by molar-refractivity contribution is -0.131. The average molecular weight is 314 g/mol. The highest BCUT2D eigenvalue weighted by molar-refractivity contribution is 5.76. The summed E-state index contributed by atoms with van der Waals surface area (Å²) in [6.45, 7) is 6.50. The van der Waals surface area contributed by atoms with Crippen LogP contribution in [0.25, 0.3) is 0 Å². The van der Waals surface area contributed by atoms with Crippen LogP contribution in [0, 0.1) is 19.8 Å². The molecule has 0 fully saturated rings. The number of benzene rings is 1. The van der Waals surface area contributed by atoms with E-state index in [-0.39, 0.29) is 5.91 Å². The number of aryl methyl sites for hydroxylation is 3. The number of carbonyl (C=O) groups excluding carboxylic acids is 1. The van der Waals surface area contributed by atoms with E-state index in [2.05, 4.69) is 36.3 Å². The van der Waals surface area contributed by atoms with Crippen molar-refractivity contribution in [3.63, 3.8) is 0 Å². The van der Waals surface area contributed by atoms with Crippen molar-refractivity contribution in [2.75, 3.05) is 7.05 Å². The molecule has 0 radical (unpaired) electrons. The minimum absolute atomic E-state index is 0.172. The van der Waals surface area contributed by atoms with E-state index in [4.69, 9.17) is 4.52 Å². The van der Waals surface area contributed by atoms with Gasteiger partial charge >= 0.3 is 0 Å². The van der Waals surface area contributed by atoms with Gasteiger partial charge in [-0.1, -0.05) is 42.4 Å². The molecule has 0 aliphatic carbocycles. The SMILES string of the molecule is Cc1noc(C)c1CN(C)C(=O)C[C@@H](C)CCc1ccccc1. The summed E-state index contributed by atoms with van der Waals surface area (Å²) in [5, 5.41) is 3.94. The first-order valence-electron chi connectivity index (χ1n) is 8.17. The Morgan fingerprint density at radius 2 is 1.96 bits per heavy atom. The van der Waals surface area contributed by atoms with Gasteiger partial charge in [-0.3, -0.25) is 4.79 Å². The zero-order chi connectivity index (χ0) is 16.8. The molecule has 0 saturated heterocycles. The molecule has 2 aromatic rings. The smallest absolute Gasteiger partial charge is 0.222 e. The molecule has 1 aromatic heterocycles. The van der Waals surface area contributed by atoms with Crippen molar-refractivity contribution < 1.29 is 9.32 Å². The lowest BCUT2D eigenvalue weighted by Crippen LogP contribution is -2.28. The minimum atomic E-state index is 0.172. The van der Waals surface area contributed by atoms with Crippen LogP contribution in [0.4, 0.5) is 0 Å². The van der Waals surface area contributed by atoms with Gasteiger partial charge in [-0.05, 0) is 38.2 Å². The van der Waals surface area contributed by atoms with Crippen molar-refractivity contribution >= 4 is 5.91 Å². The Labute approximate surface area is 138 Å². The van der Waals surface area contributed by atoms with E-state index < -0.39 is 0 Å². The first-order chi connectivity index (χ1) is 11.0. The van der Waals surface area contributed by atoms with Crippen LogP contribution in [0.3, 0.4) is 0 Å². The van der Waals surface area contributed by atoms with Crippen LogP contribution in [-0.4, -0.2) is 23.0 Å². The van der Waals surface area contributed by atoms with Crippen molar-refractivity contribution in [3.05, 3.63) is 52.9 Å². The molecule has 1 aromatic carbocycles. The predicted molar refractivity (Wildman–Crippen MR) is 91.0 cm³/mol. The number of rotatable bonds is 7. The molecular weight excluding hydrogens is 288 g/mol. The van der Waals surface area contributed by atoms with Crippen LogP contribution in [0.2, 0.25) is 0 Å². The number of carbonyl (C=O) groups is 1. The molecule has 0 spiro atoms. The summed E-state index contributed by atoms with van der Waals surface area (Å²) < 4.78 is 5.16. The third-order valence-corrected chi connectivity index (χ3v) is 4.29. The molecule has 4 nitrogen and oxygen atoms in total. The number of hydrogen-bond acceptors (Lipinski definition) is 3. The number of amides is 1. The highest BCUT2D eigenvalue weighted by Gasteiger charge is 2.17. The van der Waals surface area contributed by atoms with Gasteiger partial charge in [0.05, 0.1) is 12.2 Å². The van der Waals surface area contributed by atoms with E-state index in [1.165, 1.54) is 5.56 Å². The molecule has 0 N–H and O–H groups in total. The molecule has 124 valence electrons. The lowest BCUT2D eigenvalue weighted by Gasteiger charge is -2.19. The predicted octanol–water partition coefficient (Wildman–Crippen LogP) is 3.91. The van der Waals surface area contributed by atoms with E-state index in [0.29, 0.717) is 18.9 Å². The molecule has 1 heterocycles. The first-order valence-corrected chi connectivity index (χ1v) is 8.17. The second kappa shape index (κ2) is 7.95. The van der Waals surface area contributed by atoms with Gasteiger partial charge in [0.15, 0.2) is 0 Å². The van der Waals surface area contributed by atoms with E-state index >= 15 is 0 Å². The van der Waals surface area contributed by atoms with Crippen LogP contribution in [0.1, 0.15) is 42.3 Å². The maximum atomic E-state index is 12.4. The van der Waals surface area contributed by atoms with Crippen molar-refractivity contribution in [3.8, 4) is 0 Å². The Bertz CT molecular complexity index is 615. The van der Waals surface area contributed by atoms with Crippen molar-refractivity contribution in [1.82, 2.24) is 10.1 Å². The maximum absolute atomic E-state index is 12.4. The van der Waals surface area contributed by atoms with Gasteiger partial charge in [-0.25, -0.2) is 0 Å². The standard InChI is InChI=1S/C19H26N2O2/c1-14(10-11-17-8-6-5-7-9-17)12-19(22)21(4)13-18-15(2)20-23-16(18)3/h5-9,14H,10-13H2,1-4H3/t14-/m0/s1. The van der Waals surface area contributed by atoms with Gasteiger partial charge in [0.2, 0.25) is 5.91 Å². The largest absolute Gasteiger partial charge is 0.361 e. The molecule has 0 saturated carbocycles. The number of hydrogen-bond donors (Lipinski definition) is 0. The molecule has 4 heteroatoms. The summed E-state index contributed by atoms with van der Waals surface area (Å²) in [5.41, 5.74) is 3.20. The summed E-state index contributed by atoms with van der Waals surface area (Å²) in [7, 11) is 1.85. The molecule has 0 aliphatic heterocycles. The Kier molecular flexibility index (Phi) is 5.97. The monoisotopic (exact) mass is 314 g/mol. The summed E-state index contributed by atoms with van der Waals surface area (Å²) in [6, 6.07) is 10.4. The van der Waals surface area contributed by atoms with E-state index in [0.717, 1.165) is 29.9 Å². The third-order valence-electron chi connectivity index (χ3n) is 4.29. The minimum Gasteiger partial charge on any atom is -0.361 e. The zero-order valence-corrected chi connectivity index (χ0v) is 14.5. The number of aromatic nitrogens is 1. The first kappa shape index (κ1) is 17.3. The molecule has 2 rings (SSSR count). The van der Waals surface area contributed by atoms with Gasteiger partial charge in [0.25, 0.3) is 0 Å². The summed E-state index contributed by atoms with van der Waals surface area (Å²) in [4.78, 5) is 14.2. The second-order valence-corrected chi connectivity index (χ2v) is 6.39. The highest BCUT2D eigenvalue weighted by atomic mass is 16.5. The molecular formula is C19H26N2O2. The molecule has 23 heavy (non-hydrogen) atoms. The fourth-order valence-corrected chi connectivity index (χ4v) is 2.67. The van der Waals surface area contributed by atoms with Crippen LogP contribution >= 0.6 is 0 Å². The molecule has 0 aliphatic rings. The van der Waals surface area contributed by atoms with Crippen molar-refractivity contribution in [2.45, 2.75) is 46.6 Å². The molecule has 1 amide bonds. The quantitative estimate of drug-likeness (QED) is 0.778. The Morgan fingerprint density at radius 3 is 2.57 bits per heavy atom. The normalized spacial score (nSPS) is 12.2. The Morgan fingerprint density at radius 1 is 1.26 bits per heavy atom. The average Bonchev–Trinajstić information content (AvgIpc) is 2.85. The van der Waals surface area contributed by atoms with Gasteiger partial charge in [-0.15, -0.1) is 0 Å². The summed E-state index contributed by atoms with van der Waals surface area (Å²) in [6.07, 6.45) is 2.62. The molecule has 0 bridgehead atoms. The molecule has 1 atom stereocenters. The van der Waals surface area contributed by atoms with E-state index in [9.17, 15) is 4.79 Å². The van der Waals surface area contributed by atoms with Crippen LogP contribution in [0.15, 0.2) is 34.9 Å². The zero-order valence-electron chi connectivity index (χ0n) is 14.5. The maximum Gasteiger partial charge on any atom is 0.222 e. The van der Waals surface area contributed by atoms with Crippen molar-refractivity contribution in [1.29, 1.82) is 0 Å². The van der Waals surface area contributed by atoms with Gasteiger partial charge in [0, 0.05) is 19.0 Å². The van der Waals surface area contributed by atoms with Crippen molar-refractivity contribution in [2.24, 2.45) is 5.92 Å². The second-order valence-electron chi connectivity index (χ2n) is 6.39. The van der Waals surface area contributed by atoms with Crippen LogP contribution in [-0.2, 0) is 17.8 Å². The van der Waals surface area contributed by atoms with Gasteiger partial charge in [0.1, 0.15) is 5.76 Å². The van der Waals surface area contributed by atoms with E-state index in [1.807, 2.05) is 27.0 Å². The fourth-order valence-electron chi connectivity index (χ4n) is 2.67. The summed E-state index contributed by atoms with van der Waals surface area (Å²) in [5.74, 6) is 1.33. The third kappa shape index (κ3) is 4.95.